The first-order valence-electron chi connectivity index (χ1n) is 6.17. The summed E-state index contributed by atoms with van der Waals surface area (Å²) in [5.74, 6) is 0.985. The fraction of sp³-hybridized carbons (Fsp3) is 0.500. The fourth-order valence-corrected chi connectivity index (χ4v) is 1.67. The maximum absolute atomic E-state index is 11.7. The first kappa shape index (κ1) is 14.8. The maximum atomic E-state index is 11.7. The first-order valence-corrected chi connectivity index (χ1v) is 6.71. The monoisotopic (exact) mass is 269 g/mol. The summed E-state index contributed by atoms with van der Waals surface area (Å²) in [4.78, 5) is 11.7. The van der Waals surface area contributed by atoms with E-state index in [1.807, 2.05) is 45.0 Å². The van der Waals surface area contributed by atoms with E-state index in [-0.39, 0.29) is 17.9 Å². The van der Waals surface area contributed by atoms with Gasteiger partial charge in [-0.25, -0.2) is 0 Å². The van der Waals surface area contributed by atoms with Crippen LogP contribution in [0, 0.1) is 5.92 Å². The van der Waals surface area contributed by atoms with Crippen molar-refractivity contribution in [3.05, 3.63) is 29.8 Å². The second kappa shape index (κ2) is 7.27. The Hall–Kier alpha value is -1.22. The highest BCUT2D eigenvalue weighted by atomic mass is 35.5. The average Bonchev–Trinajstić information content (AvgIpc) is 2.38. The van der Waals surface area contributed by atoms with E-state index in [9.17, 15) is 4.79 Å². The van der Waals surface area contributed by atoms with Crippen molar-refractivity contribution in [2.24, 2.45) is 5.92 Å². The first-order chi connectivity index (χ1) is 8.58. The van der Waals surface area contributed by atoms with Gasteiger partial charge in [-0.15, -0.1) is 11.6 Å². The van der Waals surface area contributed by atoms with Crippen molar-refractivity contribution < 1.29 is 9.53 Å². The van der Waals surface area contributed by atoms with Gasteiger partial charge in [0.05, 0.1) is 12.6 Å². The lowest BCUT2D eigenvalue weighted by molar-refractivity contribution is -0.124. The van der Waals surface area contributed by atoms with E-state index in [4.69, 9.17) is 16.3 Å². The minimum atomic E-state index is -0.170. The predicted molar refractivity (Wildman–Crippen MR) is 74.1 cm³/mol. The molecule has 0 aromatic heterocycles. The van der Waals surface area contributed by atoms with Crippen LogP contribution in [0.2, 0.25) is 0 Å². The molecule has 0 heterocycles. The Morgan fingerprint density at radius 3 is 2.44 bits per heavy atom. The van der Waals surface area contributed by atoms with Crippen LogP contribution in [0.5, 0.6) is 5.75 Å². The molecule has 0 aliphatic heterocycles. The number of carbonyl (C=O) groups excluding carboxylic acids is 1. The quantitative estimate of drug-likeness (QED) is 0.806. The van der Waals surface area contributed by atoms with Crippen LogP contribution in [0.3, 0.4) is 0 Å². The molecule has 1 aromatic rings. The largest absolute Gasteiger partial charge is 0.494 e. The van der Waals surface area contributed by atoms with Gasteiger partial charge in [-0.1, -0.05) is 19.1 Å². The summed E-state index contributed by atoms with van der Waals surface area (Å²) in [5, 5.41) is 2.93. The van der Waals surface area contributed by atoms with Gasteiger partial charge in [0.15, 0.2) is 0 Å². The smallest absolute Gasteiger partial charge is 0.224 e. The molecule has 2 atom stereocenters. The van der Waals surface area contributed by atoms with E-state index in [2.05, 4.69) is 5.32 Å². The average molecular weight is 270 g/mol. The van der Waals surface area contributed by atoms with Crippen molar-refractivity contribution in [3.8, 4) is 5.75 Å². The Kier molecular flexibility index (Phi) is 5.99. The molecule has 1 N–H and O–H groups in total. The van der Waals surface area contributed by atoms with Crippen LogP contribution in [-0.4, -0.2) is 18.4 Å². The highest BCUT2D eigenvalue weighted by molar-refractivity contribution is 6.19. The second-order valence-electron chi connectivity index (χ2n) is 4.29. The van der Waals surface area contributed by atoms with Crippen LogP contribution in [-0.2, 0) is 4.79 Å². The minimum Gasteiger partial charge on any atom is -0.494 e. The highest BCUT2D eigenvalue weighted by Gasteiger charge is 2.15. The summed E-state index contributed by atoms with van der Waals surface area (Å²) in [7, 11) is 0. The van der Waals surface area contributed by atoms with Gasteiger partial charge in [-0.05, 0) is 31.5 Å². The molecule has 0 radical (unpaired) electrons. The Morgan fingerprint density at radius 1 is 1.33 bits per heavy atom. The fourth-order valence-electron chi connectivity index (χ4n) is 1.53. The summed E-state index contributed by atoms with van der Waals surface area (Å²) in [6.07, 6.45) is 0. The number of hydrogen-bond acceptors (Lipinski definition) is 2. The van der Waals surface area contributed by atoms with Gasteiger partial charge in [0, 0.05) is 11.8 Å². The third-order valence-corrected chi connectivity index (χ3v) is 3.19. The Balaban J connectivity index is 2.61. The van der Waals surface area contributed by atoms with Gasteiger partial charge >= 0.3 is 0 Å². The van der Waals surface area contributed by atoms with Crippen molar-refractivity contribution in [1.82, 2.24) is 5.32 Å². The number of rotatable bonds is 6. The topological polar surface area (TPSA) is 38.3 Å². The molecule has 1 rings (SSSR count). The normalized spacial score (nSPS) is 13.8. The molecular weight excluding hydrogens is 250 g/mol. The number of alkyl halides is 1. The van der Waals surface area contributed by atoms with Crippen LogP contribution in [0.1, 0.15) is 32.4 Å². The molecule has 0 spiro atoms. The zero-order valence-electron chi connectivity index (χ0n) is 11.1. The molecular formula is C14H20ClNO2. The van der Waals surface area contributed by atoms with Crippen LogP contribution < -0.4 is 10.1 Å². The number of nitrogens with one attached hydrogen (secondary N) is 1. The number of benzene rings is 1. The van der Waals surface area contributed by atoms with Gasteiger partial charge in [0.1, 0.15) is 5.75 Å². The number of ether oxygens (including phenoxy) is 1. The third kappa shape index (κ3) is 4.22. The molecule has 0 saturated heterocycles. The Bertz CT molecular complexity index is 378. The van der Waals surface area contributed by atoms with Crippen LogP contribution in [0.15, 0.2) is 24.3 Å². The molecule has 0 bridgehead atoms. The van der Waals surface area contributed by atoms with E-state index in [1.54, 1.807) is 0 Å². The van der Waals surface area contributed by atoms with E-state index in [1.165, 1.54) is 0 Å². The van der Waals surface area contributed by atoms with E-state index in [0.717, 1.165) is 11.3 Å². The lowest BCUT2D eigenvalue weighted by Gasteiger charge is -2.17. The predicted octanol–water partition coefficient (Wildman–Crippen LogP) is 3.14. The van der Waals surface area contributed by atoms with Crippen molar-refractivity contribution in [1.29, 1.82) is 0 Å². The lowest BCUT2D eigenvalue weighted by Crippen LogP contribution is -2.32. The van der Waals surface area contributed by atoms with Crippen LogP contribution in [0.25, 0.3) is 0 Å². The molecule has 2 unspecified atom stereocenters. The third-order valence-electron chi connectivity index (χ3n) is 2.73. The molecule has 0 saturated carbocycles. The van der Waals surface area contributed by atoms with Gasteiger partial charge in [-0.3, -0.25) is 4.79 Å². The molecule has 0 aliphatic carbocycles. The molecule has 0 fully saturated rings. The van der Waals surface area contributed by atoms with E-state index >= 15 is 0 Å². The summed E-state index contributed by atoms with van der Waals surface area (Å²) in [6.45, 7) is 6.37. The molecule has 18 heavy (non-hydrogen) atoms. The molecule has 1 amide bonds. The zero-order valence-corrected chi connectivity index (χ0v) is 11.8. The van der Waals surface area contributed by atoms with E-state index in [0.29, 0.717) is 12.5 Å². The summed E-state index contributed by atoms with van der Waals surface area (Å²) in [6, 6.07) is 7.71. The second-order valence-corrected chi connectivity index (χ2v) is 4.60. The number of amides is 1. The van der Waals surface area contributed by atoms with Gasteiger partial charge in [0.2, 0.25) is 5.91 Å². The van der Waals surface area contributed by atoms with Gasteiger partial charge in [-0.2, -0.15) is 0 Å². The van der Waals surface area contributed by atoms with Crippen molar-refractivity contribution in [2.75, 3.05) is 12.5 Å². The lowest BCUT2D eigenvalue weighted by atomic mass is 10.1. The van der Waals surface area contributed by atoms with Crippen molar-refractivity contribution in [3.63, 3.8) is 0 Å². The minimum absolute atomic E-state index is 0.0219. The van der Waals surface area contributed by atoms with E-state index < -0.39 is 0 Å². The summed E-state index contributed by atoms with van der Waals surface area (Å²) in [5.41, 5.74) is 1.05. The van der Waals surface area contributed by atoms with Crippen LogP contribution in [0.4, 0.5) is 0 Å². The highest BCUT2D eigenvalue weighted by Crippen LogP contribution is 2.18. The van der Waals surface area contributed by atoms with Gasteiger partial charge in [0.25, 0.3) is 0 Å². The molecule has 0 aliphatic rings. The standard InChI is InChI=1S/C14H20ClNO2/c1-4-18-13-7-5-12(6-8-13)11(3)16-14(17)10(2)9-15/h5-8,10-11H,4,9H2,1-3H3,(H,16,17). The number of carbonyl (C=O) groups is 1. The van der Waals surface area contributed by atoms with Gasteiger partial charge < -0.3 is 10.1 Å². The maximum Gasteiger partial charge on any atom is 0.224 e. The zero-order chi connectivity index (χ0) is 13.5. The van der Waals surface area contributed by atoms with Crippen LogP contribution >= 0.6 is 11.6 Å². The molecule has 100 valence electrons. The van der Waals surface area contributed by atoms with Crippen molar-refractivity contribution >= 4 is 17.5 Å². The van der Waals surface area contributed by atoms with Crippen molar-refractivity contribution in [2.45, 2.75) is 26.8 Å². The molecule has 1 aromatic carbocycles. The SMILES string of the molecule is CCOc1ccc(C(C)NC(=O)C(C)CCl)cc1. The summed E-state index contributed by atoms with van der Waals surface area (Å²) < 4.78 is 5.37. The Morgan fingerprint density at radius 2 is 1.94 bits per heavy atom. The number of halogens is 1. The summed E-state index contributed by atoms with van der Waals surface area (Å²) >= 11 is 5.65. The Labute approximate surface area is 113 Å². The molecule has 4 heteroatoms. The number of hydrogen-bond donors (Lipinski definition) is 1. The molecule has 3 nitrogen and oxygen atoms in total.